The van der Waals surface area contributed by atoms with E-state index >= 15 is 0 Å². The fourth-order valence-electron chi connectivity index (χ4n) is 5.03. The first-order valence-corrected chi connectivity index (χ1v) is 12.2. The second kappa shape index (κ2) is 9.72. The van der Waals surface area contributed by atoms with Gasteiger partial charge >= 0.3 is 0 Å². The van der Waals surface area contributed by atoms with Gasteiger partial charge in [0.2, 0.25) is 23.6 Å². The van der Waals surface area contributed by atoms with E-state index in [1.807, 2.05) is 0 Å². The van der Waals surface area contributed by atoms with Crippen LogP contribution in [-0.4, -0.2) is 69.1 Å². The van der Waals surface area contributed by atoms with Crippen LogP contribution in [0.25, 0.3) is 0 Å². The fourth-order valence-corrected chi connectivity index (χ4v) is 5.03. The summed E-state index contributed by atoms with van der Waals surface area (Å²) in [6, 6.07) is 7.11. The van der Waals surface area contributed by atoms with E-state index in [1.54, 1.807) is 6.07 Å². The number of fused-ring (bicyclic) bond motifs is 2. The lowest BCUT2D eigenvalue weighted by atomic mass is 10.0. The molecule has 4 aliphatic rings. The Kier molecular flexibility index (Phi) is 6.37. The van der Waals surface area contributed by atoms with Gasteiger partial charge in [-0.15, -0.1) is 0 Å². The molecule has 0 aromatic heterocycles. The molecular weight excluding hydrogens is 524 g/mol. The third-order valence-electron chi connectivity index (χ3n) is 6.96. The van der Waals surface area contributed by atoms with Crippen molar-refractivity contribution < 1.29 is 38.4 Å². The zero-order chi connectivity index (χ0) is 28.9. The molecule has 2 fully saturated rings. The minimum Gasteiger partial charge on any atom is -0.399 e. The summed E-state index contributed by atoms with van der Waals surface area (Å²) in [7, 11) is 0. The van der Waals surface area contributed by atoms with Gasteiger partial charge in [-0.2, -0.15) is 0 Å². The lowest BCUT2D eigenvalue weighted by Gasteiger charge is -2.27. The van der Waals surface area contributed by atoms with Crippen molar-refractivity contribution in [1.29, 1.82) is 0 Å². The van der Waals surface area contributed by atoms with Gasteiger partial charge in [-0.25, -0.2) is 0 Å². The van der Waals surface area contributed by atoms with Crippen LogP contribution in [0.4, 0.5) is 11.4 Å². The van der Waals surface area contributed by atoms with Gasteiger partial charge in [0.1, 0.15) is 12.1 Å². The number of anilines is 2. The van der Waals surface area contributed by atoms with Gasteiger partial charge in [0.15, 0.2) is 0 Å². The number of imide groups is 4. The Morgan fingerprint density at radius 3 is 1.70 bits per heavy atom. The molecule has 40 heavy (non-hydrogen) atoms. The van der Waals surface area contributed by atoms with Crippen LogP contribution in [0.15, 0.2) is 36.4 Å². The number of rotatable bonds is 2. The highest BCUT2D eigenvalue weighted by atomic mass is 16.2. The van der Waals surface area contributed by atoms with Crippen molar-refractivity contribution in [2.75, 3.05) is 11.5 Å². The number of piperidine rings is 2. The second-order valence-electron chi connectivity index (χ2n) is 9.47. The molecule has 4 aliphatic heterocycles. The molecule has 2 unspecified atom stereocenters. The zero-order valence-corrected chi connectivity index (χ0v) is 20.8. The van der Waals surface area contributed by atoms with E-state index < -0.39 is 59.3 Å². The predicted molar refractivity (Wildman–Crippen MR) is 135 cm³/mol. The third-order valence-corrected chi connectivity index (χ3v) is 6.96. The highest BCUT2D eigenvalue weighted by molar-refractivity contribution is 6.25. The van der Waals surface area contributed by atoms with Crippen molar-refractivity contribution in [2.24, 2.45) is 0 Å². The molecule has 0 radical (unpaired) electrons. The van der Waals surface area contributed by atoms with Crippen LogP contribution in [-0.2, 0) is 19.2 Å². The zero-order valence-electron chi connectivity index (χ0n) is 20.8. The van der Waals surface area contributed by atoms with Gasteiger partial charge < -0.3 is 11.5 Å². The standard InChI is InChI=1S/2C13H11N3O4/c14-6-1-2-7-8(5-6)13(20)16(12(7)19)9-3-4-10(17)15-11(9)18;14-7-3-1-2-6-10(7)13(20)16(12(6)19)8-4-5-9(17)15-11(8)18/h1-2,5,9H,3-4,14H2,(H,15,17,18);1-3,8H,4-5,14H2,(H,15,17,18). The first-order chi connectivity index (χ1) is 19.0. The molecule has 6 rings (SSSR count). The van der Waals surface area contributed by atoms with Crippen LogP contribution in [0.2, 0.25) is 0 Å². The number of nitrogens with zero attached hydrogens (tertiary/aromatic N) is 2. The number of carbonyl (C=O) groups is 8. The molecule has 0 spiro atoms. The van der Waals surface area contributed by atoms with Crippen molar-refractivity contribution in [2.45, 2.75) is 37.8 Å². The molecule has 2 saturated heterocycles. The van der Waals surface area contributed by atoms with Gasteiger partial charge in [0.05, 0.1) is 22.3 Å². The summed E-state index contributed by atoms with van der Waals surface area (Å²) < 4.78 is 0. The summed E-state index contributed by atoms with van der Waals surface area (Å²) in [6.45, 7) is 0. The molecule has 204 valence electrons. The van der Waals surface area contributed by atoms with E-state index in [0.29, 0.717) is 5.69 Å². The molecule has 0 bridgehead atoms. The number of nitrogens with one attached hydrogen (secondary N) is 2. The molecular formula is C26H22N6O8. The van der Waals surface area contributed by atoms with E-state index in [9.17, 15) is 38.4 Å². The fraction of sp³-hybridized carbons (Fsp3) is 0.231. The quantitative estimate of drug-likeness (QED) is 0.275. The maximum Gasteiger partial charge on any atom is 0.264 e. The Hall–Kier alpha value is -5.40. The first-order valence-electron chi connectivity index (χ1n) is 12.2. The van der Waals surface area contributed by atoms with Crippen LogP contribution in [0.1, 0.15) is 67.1 Å². The number of nitrogen functional groups attached to an aromatic ring is 2. The minimum absolute atomic E-state index is 0.0965. The van der Waals surface area contributed by atoms with Crippen molar-refractivity contribution >= 4 is 58.6 Å². The summed E-state index contributed by atoms with van der Waals surface area (Å²) >= 11 is 0. The lowest BCUT2D eigenvalue weighted by Crippen LogP contribution is -2.54. The van der Waals surface area contributed by atoms with E-state index in [2.05, 4.69) is 10.6 Å². The van der Waals surface area contributed by atoms with Crippen LogP contribution >= 0.6 is 0 Å². The monoisotopic (exact) mass is 546 g/mol. The number of hydrogen-bond donors (Lipinski definition) is 4. The molecule has 0 aliphatic carbocycles. The topological polar surface area (TPSA) is 219 Å². The molecule has 2 aromatic rings. The van der Waals surface area contributed by atoms with Crippen molar-refractivity contribution in [3.05, 3.63) is 58.7 Å². The van der Waals surface area contributed by atoms with Crippen molar-refractivity contribution in [1.82, 2.24) is 20.4 Å². The molecule has 6 N–H and O–H groups in total. The van der Waals surface area contributed by atoms with Crippen molar-refractivity contribution in [3.63, 3.8) is 0 Å². The summed E-state index contributed by atoms with van der Waals surface area (Å²) in [5.74, 6) is -4.26. The Balaban J connectivity index is 0.000000161. The predicted octanol–water partition coefficient (Wildman–Crippen LogP) is -0.660. The number of carbonyl (C=O) groups excluding carboxylic acids is 8. The molecule has 2 atom stereocenters. The molecule has 14 heteroatoms. The van der Waals surface area contributed by atoms with Crippen molar-refractivity contribution in [3.8, 4) is 0 Å². The van der Waals surface area contributed by atoms with Crippen LogP contribution in [0, 0.1) is 0 Å². The number of amides is 8. The minimum atomic E-state index is -0.959. The van der Waals surface area contributed by atoms with E-state index in [4.69, 9.17) is 11.5 Å². The summed E-state index contributed by atoms with van der Waals surface area (Å²) in [5.41, 5.74) is 12.6. The smallest absolute Gasteiger partial charge is 0.264 e. The highest BCUT2D eigenvalue weighted by Gasteiger charge is 2.46. The Morgan fingerprint density at radius 2 is 1.15 bits per heavy atom. The Bertz CT molecular complexity index is 1560. The van der Waals surface area contributed by atoms with Gasteiger partial charge in [-0.3, -0.25) is 58.8 Å². The second-order valence-corrected chi connectivity index (χ2v) is 9.47. The lowest BCUT2D eigenvalue weighted by molar-refractivity contribution is -0.137. The highest BCUT2D eigenvalue weighted by Crippen LogP contribution is 2.31. The van der Waals surface area contributed by atoms with E-state index in [-0.39, 0.29) is 53.6 Å². The molecule has 0 saturated carbocycles. The van der Waals surface area contributed by atoms with Gasteiger partial charge in [-0.1, -0.05) is 6.07 Å². The molecule has 8 amide bonds. The van der Waals surface area contributed by atoms with Crippen LogP contribution < -0.4 is 22.1 Å². The largest absolute Gasteiger partial charge is 0.399 e. The van der Waals surface area contributed by atoms with Gasteiger partial charge in [0, 0.05) is 24.2 Å². The summed E-state index contributed by atoms with van der Waals surface area (Å²) in [5, 5.41) is 4.27. The normalized spacial score (nSPS) is 22.0. The average molecular weight is 546 g/mol. The first kappa shape index (κ1) is 26.2. The van der Waals surface area contributed by atoms with E-state index in [1.165, 1.54) is 30.3 Å². The van der Waals surface area contributed by atoms with Crippen LogP contribution in [0.5, 0.6) is 0 Å². The van der Waals surface area contributed by atoms with Gasteiger partial charge in [0.25, 0.3) is 23.6 Å². The Morgan fingerprint density at radius 1 is 0.625 bits per heavy atom. The molecule has 2 aromatic carbocycles. The van der Waals surface area contributed by atoms with Gasteiger partial charge in [-0.05, 0) is 43.2 Å². The maximum absolute atomic E-state index is 12.3. The summed E-state index contributed by atoms with van der Waals surface area (Å²) in [6.07, 6.45) is 0.479. The van der Waals surface area contributed by atoms with E-state index in [0.717, 1.165) is 9.80 Å². The summed E-state index contributed by atoms with van der Waals surface area (Å²) in [4.78, 5) is 96.8. The number of hydrogen-bond acceptors (Lipinski definition) is 10. The Labute approximate surface area is 225 Å². The third kappa shape index (κ3) is 4.24. The van der Waals surface area contributed by atoms with Crippen LogP contribution in [0.3, 0.4) is 0 Å². The maximum atomic E-state index is 12.3. The average Bonchev–Trinajstić information content (AvgIpc) is 3.29. The SMILES string of the molecule is Nc1ccc2c(c1)C(=O)N(C1CCC(=O)NC1=O)C2=O.Nc1cccc2c1C(=O)N(C1CCC(=O)NC1=O)C2=O. The number of benzene rings is 2. The molecule has 14 nitrogen and oxygen atoms in total. The molecule has 4 heterocycles. The number of nitrogens with two attached hydrogens (primary N) is 2.